The SMILES string of the molecule is O=P(O)(O)OCC1OC(O)C(O)C1O.[Na]. The maximum absolute atomic E-state index is 10.3. The van der Waals surface area contributed by atoms with Crippen LogP contribution in [0.25, 0.3) is 0 Å². The molecule has 4 atom stereocenters. The van der Waals surface area contributed by atoms with Crippen LogP contribution in [0.2, 0.25) is 0 Å². The van der Waals surface area contributed by atoms with Gasteiger partial charge in [-0.05, 0) is 0 Å². The molecule has 0 bridgehead atoms. The molecule has 8 nitrogen and oxygen atoms in total. The minimum atomic E-state index is -4.64. The molecule has 1 aliphatic rings. The Morgan fingerprint density at radius 2 is 1.73 bits per heavy atom. The fourth-order valence-corrected chi connectivity index (χ4v) is 1.38. The molecule has 0 amide bonds. The predicted molar refractivity (Wildman–Crippen MR) is 46.6 cm³/mol. The van der Waals surface area contributed by atoms with Crippen LogP contribution in [0, 0.1) is 0 Å². The zero-order chi connectivity index (χ0) is 10.9. The summed E-state index contributed by atoms with van der Waals surface area (Å²) in [6.07, 6.45) is -5.67. The van der Waals surface area contributed by atoms with Crippen molar-refractivity contribution in [3.8, 4) is 0 Å². The molecule has 1 radical (unpaired) electrons. The van der Waals surface area contributed by atoms with Crippen molar-refractivity contribution in [2.45, 2.75) is 24.6 Å². The molecule has 1 heterocycles. The Hall–Kier alpha value is 0.950. The van der Waals surface area contributed by atoms with E-state index in [1.54, 1.807) is 0 Å². The van der Waals surface area contributed by atoms with E-state index in [4.69, 9.17) is 25.1 Å². The molecular formula is C5H11NaO8P. The van der Waals surface area contributed by atoms with Gasteiger partial charge in [0.1, 0.15) is 18.3 Å². The summed E-state index contributed by atoms with van der Waals surface area (Å²) in [6, 6.07) is 0. The van der Waals surface area contributed by atoms with E-state index >= 15 is 0 Å². The van der Waals surface area contributed by atoms with Crippen molar-refractivity contribution in [3.05, 3.63) is 0 Å². The number of ether oxygens (including phenoxy) is 1. The first-order chi connectivity index (χ1) is 6.31. The van der Waals surface area contributed by atoms with Crippen LogP contribution in [-0.2, 0) is 13.8 Å². The molecule has 10 heteroatoms. The average molecular weight is 253 g/mol. The van der Waals surface area contributed by atoms with Crippen LogP contribution >= 0.6 is 7.82 Å². The summed E-state index contributed by atoms with van der Waals surface area (Å²) in [4.78, 5) is 16.6. The Balaban J connectivity index is 0.00000196. The van der Waals surface area contributed by atoms with E-state index in [0.717, 1.165) is 0 Å². The second-order valence-corrected chi connectivity index (χ2v) is 4.07. The average Bonchev–Trinajstić information content (AvgIpc) is 2.28. The Morgan fingerprint density at radius 1 is 1.20 bits per heavy atom. The van der Waals surface area contributed by atoms with Gasteiger partial charge in [0.05, 0.1) is 6.61 Å². The molecule has 1 saturated heterocycles. The molecule has 0 aromatic carbocycles. The van der Waals surface area contributed by atoms with E-state index in [-0.39, 0.29) is 29.6 Å². The second kappa shape index (κ2) is 6.04. The second-order valence-electron chi connectivity index (χ2n) is 2.83. The van der Waals surface area contributed by atoms with Crippen LogP contribution in [0.4, 0.5) is 0 Å². The van der Waals surface area contributed by atoms with E-state index in [9.17, 15) is 4.57 Å². The summed E-state index contributed by atoms with van der Waals surface area (Å²) in [5, 5.41) is 27.0. The molecule has 1 rings (SSSR count). The van der Waals surface area contributed by atoms with Gasteiger partial charge in [0, 0.05) is 29.6 Å². The van der Waals surface area contributed by atoms with Gasteiger partial charge in [-0.1, -0.05) is 0 Å². The van der Waals surface area contributed by atoms with E-state index in [0.29, 0.717) is 0 Å². The van der Waals surface area contributed by atoms with Crippen molar-refractivity contribution in [2.24, 2.45) is 0 Å². The molecule has 0 spiro atoms. The minimum Gasteiger partial charge on any atom is -0.387 e. The molecule has 85 valence electrons. The molecule has 1 aliphatic heterocycles. The molecule has 0 aromatic heterocycles. The largest absolute Gasteiger partial charge is 0.469 e. The van der Waals surface area contributed by atoms with Gasteiger partial charge in [0.25, 0.3) is 0 Å². The fourth-order valence-electron chi connectivity index (χ4n) is 1.04. The minimum absolute atomic E-state index is 0. The van der Waals surface area contributed by atoms with E-state index in [1.165, 1.54) is 0 Å². The van der Waals surface area contributed by atoms with Crippen molar-refractivity contribution in [2.75, 3.05) is 6.61 Å². The van der Waals surface area contributed by atoms with Crippen molar-refractivity contribution >= 4 is 37.4 Å². The quantitative estimate of drug-likeness (QED) is 0.268. The molecule has 15 heavy (non-hydrogen) atoms. The van der Waals surface area contributed by atoms with E-state index in [2.05, 4.69) is 9.26 Å². The molecule has 0 aliphatic carbocycles. The summed E-state index contributed by atoms with van der Waals surface area (Å²) in [7, 11) is -4.64. The number of hydrogen-bond donors (Lipinski definition) is 5. The van der Waals surface area contributed by atoms with Crippen molar-refractivity contribution in [3.63, 3.8) is 0 Å². The number of phosphoric ester groups is 1. The van der Waals surface area contributed by atoms with Crippen LogP contribution in [-0.4, -0.2) is 85.9 Å². The van der Waals surface area contributed by atoms with Crippen molar-refractivity contribution < 1.29 is 38.9 Å². The maximum Gasteiger partial charge on any atom is 0.469 e. The first-order valence-electron chi connectivity index (χ1n) is 3.71. The summed E-state index contributed by atoms with van der Waals surface area (Å²) in [5.74, 6) is 0. The van der Waals surface area contributed by atoms with Crippen molar-refractivity contribution in [1.82, 2.24) is 0 Å². The third-order valence-corrected chi connectivity index (χ3v) is 2.23. The van der Waals surface area contributed by atoms with Gasteiger partial charge in [-0.15, -0.1) is 0 Å². The Morgan fingerprint density at radius 3 is 2.07 bits per heavy atom. The summed E-state index contributed by atoms with van der Waals surface area (Å²) >= 11 is 0. The van der Waals surface area contributed by atoms with Gasteiger partial charge in [-0.25, -0.2) is 4.57 Å². The van der Waals surface area contributed by atoms with Gasteiger partial charge < -0.3 is 29.8 Å². The Bertz CT molecular complexity index is 243. The number of aliphatic hydroxyl groups excluding tert-OH is 3. The van der Waals surface area contributed by atoms with Gasteiger partial charge in [0.2, 0.25) is 0 Å². The third-order valence-electron chi connectivity index (χ3n) is 1.74. The van der Waals surface area contributed by atoms with Gasteiger partial charge in [0.15, 0.2) is 6.29 Å². The first-order valence-corrected chi connectivity index (χ1v) is 5.24. The maximum atomic E-state index is 10.3. The van der Waals surface area contributed by atoms with Crippen molar-refractivity contribution in [1.29, 1.82) is 0 Å². The smallest absolute Gasteiger partial charge is 0.387 e. The monoisotopic (exact) mass is 253 g/mol. The topological polar surface area (TPSA) is 137 Å². The standard InChI is InChI=1S/C5H11O8P.Na/c6-3-2(1-12-14(9,10)11)13-5(8)4(3)7;/h2-8H,1H2,(H2,9,10,11);. The molecule has 1 fully saturated rings. The summed E-state index contributed by atoms with van der Waals surface area (Å²) in [5.41, 5.74) is 0. The number of aliphatic hydroxyl groups is 3. The van der Waals surface area contributed by atoms with Crippen LogP contribution in [0.15, 0.2) is 0 Å². The molecular weight excluding hydrogens is 242 g/mol. The molecule has 4 unspecified atom stereocenters. The Labute approximate surface area is 107 Å². The zero-order valence-corrected chi connectivity index (χ0v) is 10.8. The molecule has 0 aromatic rings. The van der Waals surface area contributed by atoms with Gasteiger partial charge in [-0.3, -0.25) is 4.52 Å². The van der Waals surface area contributed by atoms with E-state index in [1.807, 2.05) is 0 Å². The number of rotatable bonds is 3. The molecule has 5 N–H and O–H groups in total. The van der Waals surface area contributed by atoms with Crippen LogP contribution < -0.4 is 0 Å². The van der Waals surface area contributed by atoms with E-state index < -0.39 is 39.0 Å². The number of hydrogen-bond acceptors (Lipinski definition) is 6. The van der Waals surface area contributed by atoms with Crippen LogP contribution in [0.3, 0.4) is 0 Å². The van der Waals surface area contributed by atoms with Crippen LogP contribution in [0.5, 0.6) is 0 Å². The normalized spacial score (nSPS) is 36.3. The van der Waals surface area contributed by atoms with Crippen LogP contribution in [0.1, 0.15) is 0 Å². The van der Waals surface area contributed by atoms with Gasteiger partial charge in [-0.2, -0.15) is 0 Å². The third kappa shape index (κ3) is 4.76. The van der Waals surface area contributed by atoms with Gasteiger partial charge >= 0.3 is 7.82 Å². The fraction of sp³-hybridized carbons (Fsp3) is 1.00. The Kier molecular flexibility index (Phi) is 6.42. The summed E-state index contributed by atoms with van der Waals surface area (Å²) in [6.45, 7) is -0.612. The number of phosphoric acid groups is 1. The summed E-state index contributed by atoms with van der Waals surface area (Å²) < 4.78 is 18.9. The zero-order valence-electron chi connectivity index (χ0n) is 7.92. The molecule has 0 saturated carbocycles. The predicted octanol–water partition coefficient (Wildman–Crippen LogP) is -2.85. The first kappa shape index (κ1) is 16.0.